The van der Waals surface area contributed by atoms with Crippen molar-refractivity contribution in [1.82, 2.24) is 5.32 Å². The van der Waals surface area contributed by atoms with Crippen LogP contribution in [0, 0.1) is 0 Å². The molecule has 2 rings (SSSR count). The van der Waals surface area contributed by atoms with Gasteiger partial charge in [0, 0.05) is 13.5 Å². The van der Waals surface area contributed by atoms with Crippen molar-refractivity contribution in [2.75, 3.05) is 13.7 Å². The third-order valence-corrected chi connectivity index (χ3v) is 3.50. The van der Waals surface area contributed by atoms with E-state index in [1.165, 1.54) is 7.11 Å². The lowest BCUT2D eigenvalue weighted by atomic mass is 10.1. The van der Waals surface area contributed by atoms with E-state index in [-0.39, 0.29) is 13.0 Å². The Hall–Kier alpha value is -2.86. The minimum atomic E-state index is -1.10. The Balaban J connectivity index is 1.98. The van der Waals surface area contributed by atoms with E-state index in [0.717, 1.165) is 11.1 Å². The Bertz CT molecular complexity index is 702. The summed E-state index contributed by atoms with van der Waals surface area (Å²) in [4.78, 5) is 22.9. The smallest absolute Gasteiger partial charge is 0.326 e. The van der Waals surface area contributed by atoms with Gasteiger partial charge in [-0.15, -0.1) is 0 Å². The molecule has 0 radical (unpaired) electrons. The van der Waals surface area contributed by atoms with Gasteiger partial charge in [-0.05, 0) is 23.3 Å². The van der Waals surface area contributed by atoms with E-state index in [4.69, 9.17) is 9.47 Å². The number of rotatable bonds is 9. The Kier molecular flexibility index (Phi) is 6.98. The molecule has 0 saturated carbocycles. The zero-order valence-corrected chi connectivity index (χ0v) is 14.0. The quantitative estimate of drug-likeness (QED) is 0.728. The minimum Gasteiger partial charge on any atom is -0.489 e. The number of benzene rings is 2. The molecule has 0 aliphatic carbocycles. The molecule has 2 aromatic carbocycles. The number of ether oxygens (including phenoxy) is 2. The van der Waals surface area contributed by atoms with Gasteiger partial charge in [0.2, 0.25) is 5.91 Å². The number of carbonyl (C=O) groups excluding carboxylic acids is 1. The van der Waals surface area contributed by atoms with Crippen molar-refractivity contribution in [2.24, 2.45) is 0 Å². The summed E-state index contributed by atoms with van der Waals surface area (Å²) in [6, 6.07) is 15.9. The molecule has 0 heterocycles. The molecule has 1 amide bonds. The van der Waals surface area contributed by atoms with Crippen LogP contribution in [-0.2, 0) is 27.4 Å². The fourth-order valence-corrected chi connectivity index (χ4v) is 2.31. The Morgan fingerprint density at radius 1 is 1.08 bits per heavy atom. The normalized spacial score (nSPS) is 11.6. The van der Waals surface area contributed by atoms with E-state index in [1.54, 1.807) is 18.2 Å². The van der Waals surface area contributed by atoms with Gasteiger partial charge in [0.1, 0.15) is 25.0 Å². The van der Waals surface area contributed by atoms with Crippen molar-refractivity contribution in [3.8, 4) is 5.75 Å². The van der Waals surface area contributed by atoms with E-state index in [0.29, 0.717) is 12.4 Å². The third-order valence-electron chi connectivity index (χ3n) is 3.50. The van der Waals surface area contributed by atoms with E-state index < -0.39 is 17.9 Å². The average Bonchev–Trinajstić information content (AvgIpc) is 2.61. The summed E-state index contributed by atoms with van der Waals surface area (Å²) in [6.45, 7) is 0.251. The molecule has 0 saturated heterocycles. The maximum Gasteiger partial charge on any atom is 0.326 e. The van der Waals surface area contributed by atoms with Crippen LogP contribution >= 0.6 is 0 Å². The lowest BCUT2D eigenvalue weighted by Crippen LogP contribution is -2.43. The van der Waals surface area contributed by atoms with Crippen molar-refractivity contribution >= 4 is 11.9 Å². The van der Waals surface area contributed by atoms with Gasteiger partial charge in [-0.2, -0.15) is 0 Å². The van der Waals surface area contributed by atoms with Gasteiger partial charge in [0.05, 0.1) is 0 Å². The molecular weight excluding hydrogens is 322 g/mol. The van der Waals surface area contributed by atoms with Crippen LogP contribution in [0.2, 0.25) is 0 Å². The summed E-state index contributed by atoms with van der Waals surface area (Å²) in [5.74, 6) is -0.917. The highest BCUT2D eigenvalue weighted by molar-refractivity contribution is 5.84. The van der Waals surface area contributed by atoms with Crippen molar-refractivity contribution in [3.63, 3.8) is 0 Å². The van der Waals surface area contributed by atoms with Crippen LogP contribution in [0.1, 0.15) is 11.1 Å². The molecule has 0 spiro atoms. The van der Waals surface area contributed by atoms with Crippen LogP contribution in [0.15, 0.2) is 54.6 Å². The first kappa shape index (κ1) is 18.5. The number of carboxylic acids is 1. The lowest BCUT2D eigenvalue weighted by Gasteiger charge is -2.15. The molecule has 6 nitrogen and oxygen atoms in total. The first-order valence-electron chi connectivity index (χ1n) is 7.85. The highest BCUT2D eigenvalue weighted by Crippen LogP contribution is 2.16. The number of carboxylic acid groups (broad SMARTS) is 1. The first-order chi connectivity index (χ1) is 12.1. The van der Waals surface area contributed by atoms with Crippen molar-refractivity contribution in [3.05, 3.63) is 65.7 Å². The molecule has 2 N–H and O–H groups in total. The molecule has 0 bridgehead atoms. The van der Waals surface area contributed by atoms with Gasteiger partial charge in [-0.1, -0.05) is 42.5 Å². The van der Waals surface area contributed by atoms with Crippen LogP contribution < -0.4 is 10.1 Å². The predicted octanol–water partition coefficient (Wildman–Crippen LogP) is 2.02. The molecular formula is C19H21NO5. The predicted molar refractivity (Wildman–Crippen MR) is 92.4 cm³/mol. The maximum absolute atomic E-state index is 11.6. The second-order valence-corrected chi connectivity index (χ2v) is 5.52. The molecule has 0 aromatic heterocycles. The Labute approximate surface area is 146 Å². The largest absolute Gasteiger partial charge is 0.489 e. The van der Waals surface area contributed by atoms with E-state index in [9.17, 15) is 14.7 Å². The second kappa shape index (κ2) is 9.44. The fourth-order valence-electron chi connectivity index (χ4n) is 2.31. The average molecular weight is 343 g/mol. The summed E-state index contributed by atoms with van der Waals surface area (Å²) in [5, 5.41) is 11.7. The number of methoxy groups -OCH3 is 1. The first-order valence-corrected chi connectivity index (χ1v) is 7.85. The van der Waals surface area contributed by atoms with Crippen molar-refractivity contribution < 1.29 is 24.2 Å². The van der Waals surface area contributed by atoms with Crippen LogP contribution in [0.25, 0.3) is 0 Å². The lowest BCUT2D eigenvalue weighted by molar-refractivity contribution is -0.142. The number of carbonyl (C=O) groups is 2. The highest BCUT2D eigenvalue weighted by atomic mass is 16.5. The molecule has 132 valence electrons. The topological polar surface area (TPSA) is 84.9 Å². The van der Waals surface area contributed by atoms with Gasteiger partial charge in [0.25, 0.3) is 0 Å². The summed E-state index contributed by atoms with van der Waals surface area (Å²) in [6.07, 6.45) is 0.160. The highest BCUT2D eigenvalue weighted by Gasteiger charge is 2.20. The number of hydrogen-bond acceptors (Lipinski definition) is 4. The minimum absolute atomic E-state index is 0.160. The van der Waals surface area contributed by atoms with Crippen LogP contribution in [0.3, 0.4) is 0 Å². The molecule has 25 heavy (non-hydrogen) atoms. The van der Waals surface area contributed by atoms with Gasteiger partial charge in [0.15, 0.2) is 0 Å². The molecule has 2 aromatic rings. The molecule has 1 atom stereocenters. The molecule has 6 heteroatoms. The summed E-state index contributed by atoms with van der Waals surface area (Å²) in [7, 11) is 1.38. The number of nitrogens with one attached hydrogen (secondary N) is 1. The SMILES string of the molecule is COCC(=O)N[C@@H](Cc1cccc(OCc2ccccc2)c1)C(=O)O. The summed E-state index contributed by atoms with van der Waals surface area (Å²) >= 11 is 0. The number of hydrogen-bond donors (Lipinski definition) is 2. The molecule has 0 aliphatic heterocycles. The van der Waals surface area contributed by atoms with Crippen LogP contribution in [0.5, 0.6) is 5.75 Å². The van der Waals surface area contributed by atoms with Gasteiger partial charge in [-0.3, -0.25) is 4.79 Å². The van der Waals surface area contributed by atoms with Gasteiger partial charge in [-0.25, -0.2) is 4.79 Å². The van der Waals surface area contributed by atoms with Gasteiger partial charge >= 0.3 is 5.97 Å². The summed E-state index contributed by atoms with van der Waals surface area (Å²) in [5.41, 5.74) is 1.80. The van der Waals surface area contributed by atoms with Crippen LogP contribution in [0.4, 0.5) is 0 Å². The van der Waals surface area contributed by atoms with E-state index >= 15 is 0 Å². The standard InChI is InChI=1S/C19H21NO5/c1-24-13-18(21)20-17(19(22)23)11-15-8-5-9-16(10-15)25-12-14-6-3-2-4-7-14/h2-10,17H,11-13H2,1H3,(H,20,21)(H,22,23)/t17-/m0/s1. The van der Waals surface area contributed by atoms with Crippen molar-refractivity contribution in [2.45, 2.75) is 19.1 Å². The number of aliphatic carboxylic acids is 1. The van der Waals surface area contributed by atoms with E-state index in [1.807, 2.05) is 36.4 Å². The summed E-state index contributed by atoms with van der Waals surface area (Å²) < 4.78 is 10.4. The number of amides is 1. The zero-order valence-electron chi connectivity index (χ0n) is 14.0. The molecule has 0 unspecified atom stereocenters. The molecule has 0 aliphatic rings. The molecule has 0 fully saturated rings. The zero-order chi connectivity index (χ0) is 18.1. The monoisotopic (exact) mass is 343 g/mol. The van der Waals surface area contributed by atoms with Gasteiger partial charge < -0.3 is 19.9 Å². The van der Waals surface area contributed by atoms with Crippen LogP contribution in [-0.4, -0.2) is 36.7 Å². The van der Waals surface area contributed by atoms with Crippen molar-refractivity contribution in [1.29, 1.82) is 0 Å². The van der Waals surface area contributed by atoms with E-state index in [2.05, 4.69) is 5.32 Å². The Morgan fingerprint density at radius 3 is 2.48 bits per heavy atom. The maximum atomic E-state index is 11.6. The second-order valence-electron chi connectivity index (χ2n) is 5.52. The third kappa shape index (κ3) is 6.27. The Morgan fingerprint density at radius 2 is 1.80 bits per heavy atom. The fraction of sp³-hybridized carbons (Fsp3) is 0.263.